The monoisotopic (exact) mass is 324 g/mol. The molecule has 2 aromatic rings. The van der Waals surface area contributed by atoms with Crippen molar-refractivity contribution >= 4 is 27.0 Å². The molecule has 6 heteroatoms. The molecule has 114 valence electrons. The van der Waals surface area contributed by atoms with Crippen molar-refractivity contribution < 1.29 is 8.42 Å². The number of anilines is 1. The maximum Gasteiger partial charge on any atom is 0.250 e. The summed E-state index contributed by atoms with van der Waals surface area (Å²) >= 11 is 1.14. The van der Waals surface area contributed by atoms with Gasteiger partial charge in [-0.25, -0.2) is 13.1 Å². The fourth-order valence-corrected chi connectivity index (χ4v) is 4.56. The van der Waals surface area contributed by atoms with Crippen molar-refractivity contribution in [3.63, 3.8) is 0 Å². The van der Waals surface area contributed by atoms with Gasteiger partial charge in [0.15, 0.2) is 0 Å². The summed E-state index contributed by atoms with van der Waals surface area (Å²) in [6.07, 6.45) is 1.54. The summed E-state index contributed by atoms with van der Waals surface area (Å²) in [4.78, 5) is 0. The van der Waals surface area contributed by atoms with E-state index < -0.39 is 15.6 Å². The van der Waals surface area contributed by atoms with Crippen molar-refractivity contribution in [3.8, 4) is 0 Å². The second kappa shape index (κ2) is 6.17. The van der Waals surface area contributed by atoms with Gasteiger partial charge < -0.3 is 5.73 Å². The predicted molar refractivity (Wildman–Crippen MR) is 87.9 cm³/mol. The van der Waals surface area contributed by atoms with Crippen LogP contribution in [-0.2, 0) is 16.4 Å². The van der Waals surface area contributed by atoms with Crippen LogP contribution >= 0.6 is 11.3 Å². The lowest BCUT2D eigenvalue weighted by molar-refractivity contribution is 0.423. The molecule has 21 heavy (non-hydrogen) atoms. The second-order valence-electron chi connectivity index (χ2n) is 5.67. The van der Waals surface area contributed by atoms with Crippen LogP contribution in [0, 0.1) is 0 Å². The zero-order chi connectivity index (χ0) is 15.5. The van der Waals surface area contributed by atoms with Crippen LogP contribution in [0.3, 0.4) is 0 Å². The number of thiophene rings is 1. The molecular weight excluding hydrogens is 304 g/mol. The van der Waals surface area contributed by atoms with Crippen LogP contribution in [0.5, 0.6) is 0 Å². The molecule has 0 radical (unpaired) electrons. The molecule has 1 heterocycles. The minimum Gasteiger partial charge on any atom is -0.398 e. The number of nitrogens with two attached hydrogens (primary N) is 1. The number of aryl methyl sites for hydroxylation is 1. The zero-order valence-corrected chi connectivity index (χ0v) is 13.8. The SMILES string of the molecule is CC(C)(CCc1ccccc1)NS(=O)(=O)c1cc(N)cs1. The van der Waals surface area contributed by atoms with Crippen LogP contribution in [0.4, 0.5) is 5.69 Å². The molecule has 3 N–H and O–H groups in total. The summed E-state index contributed by atoms with van der Waals surface area (Å²) in [5.74, 6) is 0. The fourth-order valence-electron chi connectivity index (χ4n) is 2.04. The first-order valence-electron chi connectivity index (χ1n) is 6.70. The Labute approximate surface area is 130 Å². The number of sulfonamides is 1. The van der Waals surface area contributed by atoms with Crippen LogP contribution in [0.25, 0.3) is 0 Å². The lowest BCUT2D eigenvalue weighted by Gasteiger charge is -2.25. The first-order valence-corrected chi connectivity index (χ1v) is 9.07. The quantitative estimate of drug-likeness (QED) is 0.858. The molecular formula is C15H20N2O2S2. The molecule has 0 saturated carbocycles. The van der Waals surface area contributed by atoms with Crippen molar-refractivity contribution in [3.05, 3.63) is 47.3 Å². The number of hydrogen-bond acceptors (Lipinski definition) is 4. The van der Waals surface area contributed by atoms with Gasteiger partial charge in [-0.1, -0.05) is 30.3 Å². The van der Waals surface area contributed by atoms with Crippen LogP contribution in [0.15, 0.2) is 46.0 Å². The molecule has 0 saturated heterocycles. The summed E-state index contributed by atoms with van der Waals surface area (Å²) in [5.41, 5.74) is 6.75. The van der Waals surface area contributed by atoms with E-state index in [9.17, 15) is 8.42 Å². The molecule has 1 aromatic heterocycles. The van der Waals surface area contributed by atoms with Crippen molar-refractivity contribution in [2.45, 2.75) is 36.4 Å². The molecule has 4 nitrogen and oxygen atoms in total. The van der Waals surface area contributed by atoms with E-state index in [1.54, 1.807) is 5.38 Å². The number of hydrogen-bond donors (Lipinski definition) is 2. The third-order valence-electron chi connectivity index (χ3n) is 3.15. The normalized spacial score (nSPS) is 12.5. The summed E-state index contributed by atoms with van der Waals surface area (Å²) in [7, 11) is -3.51. The van der Waals surface area contributed by atoms with Gasteiger partial charge in [0.05, 0.1) is 0 Å². The van der Waals surface area contributed by atoms with Gasteiger partial charge in [0.25, 0.3) is 10.0 Å². The Morgan fingerprint density at radius 1 is 1.24 bits per heavy atom. The third-order valence-corrected chi connectivity index (χ3v) is 6.31. The highest BCUT2D eigenvalue weighted by molar-refractivity contribution is 7.91. The van der Waals surface area contributed by atoms with Crippen LogP contribution in [0.1, 0.15) is 25.8 Å². The van der Waals surface area contributed by atoms with E-state index >= 15 is 0 Å². The molecule has 0 atom stereocenters. The van der Waals surface area contributed by atoms with Crippen molar-refractivity contribution in [1.29, 1.82) is 0 Å². The lowest BCUT2D eigenvalue weighted by Crippen LogP contribution is -2.43. The largest absolute Gasteiger partial charge is 0.398 e. The van der Waals surface area contributed by atoms with Crippen LogP contribution in [-0.4, -0.2) is 14.0 Å². The number of benzene rings is 1. The van der Waals surface area contributed by atoms with E-state index in [1.165, 1.54) is 11.6 Å². The Bertz CT molecular complexity index is 691. The number of nitrogen functional groups attached to an aromatic ring is 1. The van der Waals surface area contributed by atoms with Gasteiger partial charge in [0, 0.05) is 16.6 Å². The summed E-state index contributed by atoms with van der Waals surface area (Å²) in [6.45, 7) is 3.79. The topological polar surface area (TPSA) is 72.2 Å². The van der Waals surface area contributed by atoms with E-state index in [0.717, 1.165) is 24.2 Å². The molecule has 0 unspecified atom stereocenters. The average molecular weight is 324 g/mol. The molecule has 0 aliphatic rings. The van der Waals surface area contributed by atoms with Crippen molar-refractivity contribution in [1.82, 2.24) is 4.72 Å². The number of rotatable bonds is 6. The molecule has 0 aliphatic heterocycles. The van der Waals surface area contributed by atoms with Crippen molar-refractivity contribution in [2.24, 2.45) is 0 Å². The highest BCUT2D eigenvalue weighted by Crippen LogP contribution is 2.24. The smallest absolute Gasteiger partial charge is 0.250 e. The molecule has 1 aromatic carbocycles. The minimum atomic E-state index is -3.51. The van der Waals surface area contributed by atoms with E-state index in [4.69, 9.17) is 5.73 Å². The summed E-state index contributed by atoms with van der Waals surface area (Å²) in [6, 6.07) is 11.5. The Kier molecular flexibility index (Phi) is 4.70. The first kappa shape index (κ1) is 16.0. The highest BCUT2D eigenvalue weighted by Gasteiger charge is 2.27. The lowest BCUT2D eigenvalue weighted by atomic mass is 9.97. The van der Waals surface area contributed by atoms with Crippen LogP contribution in [0.2, 0.25) is 0 Å². The first-order chi connectivity index (χ1) is 9.78. The molecule has 0 amide bonds. The van der Waals surface area contributed by atoms with Gasteiger partial charge in [-0.05, 0) is 38.3 Å². The highest BCUT2D eigenvalue weighted by atomic mass is 32.2. The maximum absolute atomic E-state index is 12.3. The van der Waals surface area contributed by atoms with Crippen LogP contribution < -0.4 is 10.5 Å². The van der Waals surface area contributed by atoms with E-state index in [0.29, 0.717) is 5.69 Å². The predicted octanol–water partition coefficient (Wildman–Crippen LogP) is 3.02. The van der Waals surface area contributed by atoms with Gasteiger partial charge in [-0.2, -0.15) is 0 Å². The number of nitrogens with one attached hydrogen (secondary N) is 1. The summed E-state index contributed by atoms with van der Waals surface area (Å²) < 4.78 is 27.6. The molecule has 2 rings (SSSR count). The third kappa shape index (κ3) is 4.56. The Morgan fingerprint density at radius 2 is 1.90 bits per heavy atom. The molecule has 0 bridgehead atoms. The Morgan fingerprint density at radius 3 is 2.48 bits per heavy atom. The van der Waals surface area contributed by atoms with Gasteiger partial charge in [-0.15, -0.1) is 11.3 Å². The van der Waals surface area contributed by atoms with Gasteiger partial charge >= 0.3 is 0 Å². The second-order valence-corrected chi connectivity index (χ2v) is 8.49. The van der Waals surface area contributed by atoms with E-state index in [-0.39, 0.29) is 4.21 Å². The van der Waals surface area contributed by atoms with E-state index in [1.807, 2.05) is 44.2 Å². The van der Waals surface area contributed by atoms with Gasteiger partial charge in [0.1, 0.15) is 4.21 Å². The molecule has 0 fully saturated rings. The molecule has 0 spiro atoms. The Hall–Kier alpha value is -1.37. The van der Waals surface area contributed by atoms with E-state index in [2.05, 4.69) is 4.72 Å². The molecule has 0 aliphatic carbocycles. The minimum absolute atomic E-state index is 0.257. The maximum atomic E-state index is 12.3. The standard InChI is InChI=1S/C15H20N2O2S2/c1-15(2,9-8-12-6-4-3-5-7-12)17-21(18,19)14-10-13(16)11-20-14/h3-7,10-11,17H,8-9,16H2,1-2H3. The average Bonchev–Trinajstić information content (AvgIpc) is 2.84. The zero-order valence-electron chi connectivity index (χ0n) is 12.2. The van der Waals surface area contributed by atoms with Gasteiger partial charge in [-0.3, -0.25) is 0 Å². The van der Waals surface area contributed by atoms with Crippen molar-refractivity contribution in [2.75, 3.05) is 5.73 Å². The summed E-state index contributed by atoms with van der Waals surface area (Å²) in [5, 5.41) is 1.63. The van der Waals surface area contributed by atoms with Gasteiger partial charge in [0.2, 0.25) is 0 Å². The Balaban J connectivity index is 2.03. The fraction of sp³-hybridized carbons (Fsp3) is 0.333.